The molecule has 0 aliphatic rings. The number of rotatable bonds is 5. The van der Waals surface area contributed by atoms with E-state index in [1.54, 1.807) is 6.92 Å². The van der Waals surface area contributed by atoms with Crippen molar-refractivity contribution >= 4 is 21.9 Å². The lowest BCUT2D eigenvalue weighted by molar-refractivity contribution is 0.0260. The van der Waals surface area contributed by atoms with Crippen LogP contribution in [0.5, 0.6) is 0 Å². The number of esters is 1. The molecule has 0 bridgehead atoms. The molecule has 0 N–H and O–H groups in total. The van der Waals surface area contributed by atoms with Crippen LogP contribution in [0, 0.1) is 5.82 Å². The number of hydrogen-bond acceptors (Lipinski definition) is 5. The summed E-state index contributed by atoms with van der Waals surface area (Å²) in [6.45, 7) is 3.59. The van der Waals surface area contributed by atoms with Crippen molar-refractivity contribution in [1.82, 2.24) is 10.1 Å². The average Bonchev–Trinajstić information content (AvgIpc) is 2.90. The van der Waals surface area contributed by atoms with Crippen molar-refractivity contribution in [1.29, 1.82) is 0 Å². The lowest BCUT2D eigenvalue weighted by atomic mass is 10.2. The first kappa shape index (κ1) is 15.6. The monoisotopic (exact) mass is 356 g/mol. The highest BCUT2D eigenvalue weighted by molar-refractivity contribution is 9.10. The van der Waals surface area contributed by atoms with Gasteiger partial charge in [0.1, 0.15) is 5.82 Å². The van der Waals surface area contributed by atoms with Crippen molar-refractivity contribution in [2.75, 3.05) is 0 Å². The number of aromatic nitrogens is 2. The molecule has 1 atom stereocenters. The Morgan fingerprint density at radius 1 is 1.52 bits per heavy atom. The molecule has 112 valence electrons. The zero-order valence-corrected chi connectivity index (χ0v) is 13.2. The first-order valence-electron chi connectivity index (χ1n) is 6.49. The second-order valence-corrected chi connectivity index (χ2v) is 5.39. The summed E-state index contributed by atoms with van der Waals surface area (Å²) in [5, 5.41) is 3.78. The molecule has 0 fully saturated rings. The predicted molar refractivity (Wildman–Crippen MR) is 76.2 cm³/mol. The Morgan fingerprint density at radius 3 is 3.00 bits per heavy atom. The van der Waals surface area contributed by atoms with Crippen molar-refractivity contribution in [3.05, 3.63) is 45.8 Å². The van der Waals surface area contributed by atoms with Gasteiger partial charge in [-0.2, -0.15) is 4.98 Å². The molecule has 1 aromatic carbocycles. The van der Waals surface area contributed by atoms with Gasteiger partial charge < -0.3 is 9.26 Å². The van der Waals surface area contributed by atoms with Gasteiger partial charge in [0.2, 0.25) is 0 Å². The van der Waals surface area contributed by atoms with E-state index in [1.165, 1.54) is 18.2 Å². The number of carbonyl (C=O) groups excluding carboxylic acids is 1. The maximum Gasteiger partial charge on any atom is 0.341 e. The summed E-state index contributed by atoms with van der Waals surface area (Å²) >= 11 is 3.18. The zero-order valence-electron chi connectivity index (χ0n) is 11.6. The minimum absolute atomic E-state index is 0.149. The molecule has 0 amide bonds. The highest BCUT2D eigenvalue weighted by Crippen LogP contribution is 2.21. The third kappa shape index (κ3) is 3.87. The Hall–Kier alpha value is -1.76. The van der Waals surface area contributed by atoms with E-state index in [-0.39, 0.29) is 11.5 Å². The predicted octanol–water partition coefficient (Wildman–Crippen LogP) is 3.84. The first-order valence-corrected chi connectivity index (χ1v) is 7.29. The lowest BCUT2D eigenvalue weighted by Crippen LogP contribution is -2.11. The Bertz CT molecular complexity index is 645. The number of benzene rings is 1. The van der Waals surface area contributed by atoms with Crippen molar-refractivity contribution in [2.24, 2.45) is 0 Å². The summed E-state index contributed by atoms with van der Waals surface area (Å²) in [6.07, 6.45) is 0.829. The third-order valence-electron chi connectivity index (χ3n) is 2.74. The number of aryl methyl sites for hydroxylation is 1. The average molecular weight is 357 g/mol. The van der Waals surface area contributed by atoms with Gasteiger partial charge in [-0.1, -0.05) is 28.0 Å². The maximum atomic E-state index is 13.6. The standard InChI is InChI=1S/C14H14BrFN2O3/c1-3-4-12-17-13(21-18-12)8(2)20-14(19)10-7-9(15)5-6-11(10)16/h5-8H,3-4H2,1-2H3. The molecule has 21 heavy (non-hydrogen) atoms. The number of ether oxygens (including phenoxy) is 1. The van der Waals surface area contributed by atoms with Gasteiger partial charge in [-0.3, -0.25) is 0 Å². The summed E-state index contributed by atoms with van der Waals surface area (Å²) in [5.74, 6) is -0.671. The summed E-state index contributed by atoms with van der Waals surface area (Å²) in [5.41, 5.74) is -0.149. The zero-order chi connectivity index (χ0) is 15.4. The fourth-order valence-corrected chi connectivity index (χ4v) is 2.05. The molecule has 0 spiro atoms. The molecule has 5 nitrogen and oxygen atoms in total. The van der Waals surface area contributed by atoms with Crippen LogP contribution in [-0.2, 0) is 11.2 Å². The van der Waals surface area contributed by atoms with Gasteiger partial charge in [0.05, 0.1) is 5.56 Å². The summed E-state index contributed by atoms with van der Waals surface area (Å²) in [4.78, 5) is 16.1. The van der Waals surface area contributed by atoms with Gasteiger partial charge in [0, 0.05) is 10.9 Å². The molecule has 1 aromatic heterocycles. The van der Waals surface area contributed by atoms with Crippen molar-refractivity contribution in [2.45, 2.75) is 32.8 Å². The van der Waals surface area contributed by atoms with Crippen LogP contribution in [0.3, 0.4) is 0 Å². The van der Waals surface area contributed by atoms with E-state index in [2.05, 4.69) is 26.1 Å². The van der Waals surface area contributed by atoms with E-state index in [0.29, 0.717) is 16.7 Å². The van der Waals surface area contributed by atoms with Crippen LogP contribution in [-0.4, -0.2) is 16.1 Å². The van der Waals surface area contributed by atoms with E-state index in [1.807, 2.05) is 6.92 Å². The van der Waals surface area contributed by atoms with E-state index in [9.17, 15) is 9.18 Å². The molecule has 7 heteroatoms. The Labute approximate surface area is 129 Å². The van der Waals surface area contributed by atoms with Gasteiger partial charge in [0.15, 0.2) is 11.9 Å². The Morgan fingerprint density at radius 2 is 2.29 bits per heavy atom. The number of halogens is 2. The maximum absolute atomic E-state index is 13.6. The summed E-state index contributed by atoms with van der Waals surface area (Å²) in [7, 11) is 0. The van der Waals surface area contributed by atoms with Gasteiger partial charge in [0.25, 0.3) is 5.89 Å². The second-order valence-electron chi connectivity index (χ2n) is 4.47. The summed E-state index contributed by atoms with van der Waals surface area (Å²) < 4.78 is 24.4. The fraction of sp³-hybridized carbons (Fsp3) is 0.357. The topological polar surface area (TPSA) is 65.2 Å². The fourth-order valence-electron chi connectivity index (χ4n) is 1.69. The van der Waals surface area contributed by atoms with Gasteiger partial charge in [-0.25, -0.2) is 9.18 Å². The number of nitrogens with zero attached hydrogens (tertiary/aromatic N) is 2. The molecular formula is C14H14BrFN2O3. The molecule has 0 saturated carbocycles. The third-order valence-corrected chi connectivity index (χ3v) is 3.23. The van der Waals surface area contributed by atoms with Crippen LogP contribution in [0.2, 0.25) is 0 Å². The van der Waals surface area contributed by atoms with Crippen LogP contribution in [0.1, 0.15) is 48.4 Å². The highest BCUT2D eigenvalue weighted by Gasteiger charge is 2.21. The van der Waals surface area contributed by atoms with Gasteiger partial charge in [-0.15, -0.1) is 0 Å². The molecule has 0 saturated heterocycles. The van der Waals surface area contributed by atoms with Crippen LogP contribution in [0.4, 0.5) is 4.39 Å². The van der Waals surface area contributed by atoms with Crippen molar-refractivity contribution in [3.8, 4) is 0 Å². The minimum atomic E-state index is -0.781. The van der Waals surface area contributed by atoms with Gasteiger partial charge >= 0.3 is 5.97 Å². The van der Waals surface area contributed by atoms with Gasteiger partial charge in [-0.05, 0) is 31.5 Å². The molecule has 2 rings (SSSR count). The van der Waals surface area contributed by atoms with Crippen LogP contribution in [0.15, 0.2) is 27.2 Å². The van der Waals surface area contributed by atoms with Crippen LogP contribution in [0.25, 0.3) is 0 Å². The Kier molecular flexibility index (Phi) is 5.06. The van der Waals surface area contributed by atoms with E-state index in [0.717, 1.165) is 6.42 Å². The highest BCUT2D eigenvalue weighted by atomic mass is 79.9. The SMILES string of the molecule is CCCc1noc(C(C)OC(=O)c2cc(Br)ccc2F)n1. The molecule has 0 radical (unpaired) electrons. The Balaban J connectivity index is 2.09. The number of carbonyl (C=O) groups is 1. The second kappa shape index (κ2) is 6.80. The van der Waals surface area contributed by atoms with Crippen molar-refractivity contribution in [3.63, 3.8) is 0 Å². The van der Waals surface area contributed by atoms with E-state index >= 15 is 0 Å². The quantitative estimate of drug-likeness (QED) is 0.761. The molecule has 2 aromatic rings. The number of hydrogen-bond donors (Lipinski definition) is 0. The molecule has 0 aliphatic heterocycles. The van der Waals surface area contributed by atoms with Crippen molar-refractivity contribution < 1.29 is 18.4 Å². The molecule has 1 heterocycles. The molecular weight excluding hydrogens is 343 g/mol. The summed E-state index contributed by atoms with van der Waals surface area (Å²) in [6, 6.07) is 4.06. The minimum Gasteiger partial charge on any atom is -0.449 e. The lowest BCUT2D eigenvalue weighted by Gasteiger charge is -2.09. The molecule has 0 aliphatic carbocycles. The first-order chi connectivity index (χ1) is 10.0. The van der Waals surface area contributed by atoms with E-state index in [4.69, 9.17) is 9.26 Å². The van der Waals surface area contributed by atoms with E-state index < -0.39 is 17.9 Å². The van der Waals surface area contributed by atoms with Crippen LogP contribution < -0.4 is 0 Å². The smallest absolute Gasteiger partial charge is 0.341 e. The molecule has 1 unspecified atom stereocenters. The van der Waals surface area contributed by atoms with Crippen LogP contribution >= 0.6 is 15.9 Å². The largest absolute Gasteiger partial charge is 0.449 e. The normalized spacial score (nSPS) is 12.2.